The minimum Gasteiger partial charge on any atom is -0.562 e. The zero-order valence-corrected chi connectivity index (χ0v) is 8.54. The van der Waals surface area contributed by atoms with E-state index in [1.54, 1.807) is 0 Å². The van der Waals surface area contributed by atoms with Crippen molar-refractivity contribution in [1.29, 1.82) is 0 Å². The van der Waals surface area contributed by atoms with Crippen molar-refractivity contribution in [2.45, 2.75) is 0 Å². The maximum atomic E-state index is 8.71. The first-order valence-electron chi connectivity index (χ1n) is 2.47. The summed E-state index contributed by atoms with van der Waals surface area (Å²) in [5.41, 5.74) is 0. The molecule has 0 unspecified atom stereocenters. The molecule has 4 N–H and O–H groups in total. The molecule has 0 spiro atoms. The fraction of sp³-hybridized carbons (Fsp3) is 0. The Morgan fingerprint density at radius 1 is 1.00 bits per heavy atom. The summed E-state index contributed by atoms with van der Waals surface area (Å²) in [7, 11) is 0. The Hall–Kier alpha value is -0.957. The van der Waals surface area contributed by atoms with Crippen LogP contribution < -0.4 is 0 Å². The van der Waals surface area contributed by atoms with Crippen molar-refractivity contribution in [3.63, 3.8) is 0 Å². The molecule has 0 aliphatic carbocycles. The largest absolute Gasteiger partial charge is 0.562 e. The van der Waals surface area contributed by atoms with E-state index in [2.05, 4.69) is 6.07 Å². The van der Waals surface area contributed by atoms with Gasteiger partial charge in [-0.1, -0.05) is 0 Å². The molecule has 0 amide bonds. The van der Waals surface area contributed by atoms with Crippen LogP contribution in [0.25, 0.3) is 0 Å². The predicted molar refractivity (Wildman–Crippen MR) is 31.9 cm³/mol. The van der Waals surface area contributed by atoms with Crippen LogP contribution in [0.15, 0.2) is 6.07 Å². The summed E-state index contributed by atoms with van der Waals surface area (Å²) in [6.45, 7) is 0. The average molecular weight is 206 g/mol. The molecule has 0 saturated carbocycles. The first kappa shape index (κ1) is 10.0. The number of phenolic OH excluding ortho intramolecular Hbond substituents is 4. The van der Waals surface area contributed by atoms with Crippen molar-refractivity contribution >= 4 is 0 Å². The summed E-state index contributed by atoms with van der Waals surface area (Å²) in [4.78, 5) is 0. The van der Waals surface area contributed by atoms with E-state index in [0.717, 1.165) is 6.07 Å². The van der Waals surface area contributed by atoms with E-state index in [1.165, 1.54) is 0 Å². The van der Waals surface area contributed by atoms with Crippen LogP contribution in [0.4, 0.5) is 0 Å². The summed E-state index contributed by atoms with van der Waals surface area (Å²) < 4.78 is 0. The van der Waals surface area contributed by atoms with Crippen molar-refractivity contribution in [3.8, 4) is 23.0 Å². The molecular weight excluding hydrogens is 201 g/mol. The molecule has 11 heavy (non-hydrogen) atoms. The van der Waals surface area contributed by atoms with Gasteiger partial charge >= 0.3 is 0 Å². The van der Waals surface area contributed by atoms with Crippen molar-refractivity contribution in [1.82, 2.24) is 0 Å². The third-order valence-corrected chi connectivity index (χ3v) is 1.04. The SMILES string of the molecule is Oc1[c-]cc(O)c(O)c1O.[Zn]. The van der Waals surface area contributed by atoms with E-state index in [9.17, 15) is 0 Å². The molecule has 0 fully saturated rings. The first-order valence-corrected chi connectivity index (χ1v) is 2.47. The van der Waals surface area contributed by atoms with Gasteiger partial charge in [-0.15, -0.1) is 12.1 Å². The molecule has 0 bridgehead atoms. The van der Waals surface area contributed by atoms with Crippen molar-refractivity contribution < 1.29 is 39.9 Å². The minimum atomic E-state index is -0.764. The maximum absolute atomic E-state index is 8.71. The van der Waals surface area contributed by atoms with Crippen LogP contribution in [0.2, 0.25) is 0 Å². The van der Waals surface area contributed by atoms with Crippen LogP contribution in [-0.2, 0) is 19.5 Å². The molecule has 5 heteroatoms. The number of rotatable bonds is 0. The smallest absolute Gasteiger partial charge is 0.0923 e. The molecule has 0 atom stereocenters. The molecule has 4 nitrogen and oxygen atoms in total. The van der Waals surface area contributed by atoms with Gasteiger partial charge in [-0.05, 0) is 0 Å². The van der Waals surface area contributed by atoms with Gasteiger partial charge in [0.05, 0.1) is 11.5 Å². The summed E-state index contributed by atoms with van der Waals surface area (Å²) in [6, 6.07) is 3.05. The van der Waals surface area contributed by atoms with Crippen LogP contribution in [0, 0.1) is 6.07 Å². The van der Waals surface area contributed by atoms with Crippen LogP contribution >= 0.6 is 0 Å². The Labute approximate surface area is 75.5 Å². The molecule has 1 aromatic carbocycles. The normalized spacial score (nSPS) is 8.73. The number of benzene rings is 1. The number of phenols is 4. The zero-order chi connectivity index (χ0) is 7.72. The van der Waals surface area contributed by atoms with Crippen LogP contribution in [0.5, 0.6) is 23.0 Å². The Bertz CT molecular complexity index is 234. The molecular formula is C6H5O4Zn-. The third kappa shape index (κ3) is 1.74. The molecule has 0 saturated heterocycles. The summed E-state index contributed by atoms with van der Waals surface area (Å²) >= 11 is 0. The standard InChI is InChI=1S/C6H5O4.Zn/c7-3-1-2-4(8)6(10)5(3)9;/h1,7-10H;/q-1;. The van der Waals surface area contributed by atoms with E-state index in [1.807, 2.05) is 0 Å². The second kappa shape index (κ2) is 3.44. The molecule has 1 aromatic rings. The fourth-order valence-corrected chi connectivity index (χ4v) is 0.507. The number of hydrogen-bond acceptors (Lipinski definition) is 4. The topological polar surface area (TPSA) is 80.9 Å². The quantitative estimate of drug-likeness (QED) is 0.213. The molecule has 0 aliphatic rings. The molecule has 0 radical (unpaired) electrons. The van der Waals surface area contributed by atoms with Gasteiger partial charge in [-0.25, -0.2) is 0 Å². The third-order valence-electron chi connectivity index (χ3n) is 1.04. The second-order valence-electron chi connectivity index (χ2n) is 1.72. The Morgan fingerprint density at radius 2 is 1.55 bits per heavy atom. The molecule has 56 valence electrons. The van der Waals surface area contributed by atoms with Crippen molar-refractivity contribution in [2.24, 2.45) is 0 Å². The summed E-state index contributed by atoms with van der Waals surface area (Å²) in [5.74, 6) is -2.61. The summed E-state index contributed by atoms with van der Waals surface area (Å²) in [6.07, 6.45) is 0. The van der Waals surface area contributed by atoms with Gasteiger partial charge in [0.1, 0.15) is 0 Å². The van der Waals surface area contributed by atoms with E-state index >= 15 is 0 Å². The fourth-order valence-electron chi connectivity index (χ4n) is 0.507. The van der Waals surface area contributed by atoms with Gasteiger partial charge in [-0.2, -0.15) is 0 Å². The van der Waals surface area contributed by atoms with E-state index in [4.69, 9.17) is 20.4 Å². The van der Waals surface area contributed by atoms with Crippen LogP contribution in [-0.4, -0.2) is 20.4 Å². The number of hydrogen-bond donors (Lipinski definition) is 4. The Balaban J connectivity index is 0.000001000. The van der Waals surface area contributed by atoms with Crippen LogP contribution in [0.3, 0.4) is 0 Å². The number of aromatic hydroxyl groups is 4. The van der Waals surface area contributed by atoms with Crippen molar-refractivity contribution in [2.75, 3.05) is 0 Å². The Kier molecular flexibility index (Phi) is 3.14. The average Bonchev–Trinajstić information content (AvgIpc) is 1.93. The predicted octanol–water partition coefficient (Wildman–Crippen LogP) is 0.307. The molecule has 0 aliphatic heterocycles. The van der Waals surface area contributed by atoms with Gasteiger partial charge in [0.2, 0.25) is 0 Å². The minimum absolute atomic E-state index is 0. The second-order valence-corrected chi connectivity index (χ2v) is 1.72. The first-order chi connectivity index (χ1) is 4.63. The van der Waals surface area contributed by atoms with Gasteiger partial charge in [-0.3, -0.25) is 0 Å². The van der Waals surface area contributed by atoms with E-state index in [-0.39, 0.29) is 19.5 Å². The van der Waals surface area contributed by atoms with E-state index in [0.29, 0.717) is 0 Å². The van der Waals surface area contributed by atoms with E-state index < -0.39 is 23.0 Å². The monoisotopic (exact) mass is 205 g/mol. The maximum Gasteiger partial charge on any atom is 0.0923 e. The van der Waals surface area contributed by atoms with Crippen LogP contribution in [0.1, 0.15) is 0 Å². The molecule has 1 rings (SSSR count). The van der Waals surface area contributed by atoms with Gasteiger partial charge in [0, 0.05) is 31.0 Å². The van der Waals surface area contributed by atoms with Crippen molar-refractivity contribution in [3.05, 3.63) is 12.1 Å². The Morgan fingerprint density at radius 3 is 2.00 bits per heavy atom. The molecule has 0 aromatic heterocycles. The van der Waals surface area contributed by atoms with Gasteiger partial charge in [0.25, 0.3) is 0 Å². The van der Waals surface area contributed by atoms with Gasteiger partial charge in [0.15, 0.2) is 0 Å². The van der Waals surface area contributed by atoms with Gasteiger partial charge < -0.3 is 20.4 Å². The molecule has 0 heterocycles. The summed E-state index contributed by atoms with van der Waals surface area (Å²) in [5, 5.41) is 34.7. The zero-order valence-electron chi connectivity index (χ0n) is 5.57.